The fourth-order valence-corrected chi connectivity index (χ4v) is 1.43. The molecule has 0 saturated carbocycles. The molecular weight excluding hydrogens is 214 g/mol. The first kappa shape index (κ1) is 13.0. The van der Waals surface area contributed by atoms with Gasteiger partial charge in [-0.25, -0.2) is 4.79 Å². The second-order valence-electron chi connectivity index (χ2n) is 3.66. The van der Waals surface area contributed by atoms with Gasteiger partial charge in [-0.05, 0) is 44.0 Å². The highest BCUT2D eigenvalue weighted by molar-refractivity contribution is 5.96. The van der Waals surface area contributed by atoms with Crippen LogP contribution < -0.4 is 0 Å². The van der Waals surface area contributed by atoms with E-state index in [-0.39, 0.29) is 5.97 Å². The highest BCUT2D eigenvalue weighted by atomic mass is 16.5. The molecule has 0 amide bonds. The SMILES string of the molecule is CCOC(=O)/C(C)=C(\C)c1cccc(C#N)c1. The van der Waals surface area contributed by atoms with Crippen LogP contribution in [-0.2, 0) is 9.53 Å². The van der Waals surface area contributed by atoms with Crippen LogP contribution in [0.2, 0.25) is 0 Å². The molecule has 0 heterocycles. The molecule has 0 fully saturated rings. The van der Waals surface area contributed by atoms with E-state index in [0.29, 0.717) is 17.7 Å². The number of allylic oxidation sites excluding steroid dienone is 1. The monoisotopic (exact) mass is 229 g/mol. The maximum Gasteiger partial charge on any atom is 0.333 e. The molecule has 0 aliphatic carbocycles. The average molecular weight is 229 g/mol. The summed E-state index contributed by atoms with van der Waals surface area (Å²) in [5, 5.41) is 8.82. The Morgan fingerprint density at radius 3 is 2.71 bits per heavy atom. The second kappa shape index (κ2) is 5.86. The largest absolute Gasteiger partial charge is 0.463 e. The Balaban J connectivity index is 3.10. The predicted octanol–water partition coefficient (Wildman–Crippen LogP) is 2.91. The van der Waals surface area contributed by atoms with Gasteiger partial charge < -0.3 is 4.74 Å². The van der Waals surface area contributed by atoms with Gasteiger partial charge in [-0.1, -0.05) is 12.1 Å². The standard InChI is InChI=1S/C14H15NO2/c1-4-17-14(16)11(3)10(2)13-7-5-6-12(8-13)9-15/h5-8H,4H2,1-3H3/b11-10+. The first-order valence-electron chi connectivity index (χ1n) is 5.45. The summed E-state index contributed by atoms with van der Waals surface area (Å²) in [7, 11) is 0. The van der Waals surface area contributed by atoms with Gasteiger partial charge in [0.05, 0.1) is 18.2 Å². The first-order valence-corrected chi connectivity index (χ1v) is 5.45. The van der Waals surface area contributed by atoms with E-state index in [1.165, 1.54) is 0 Å². The number of hydrogen-bond acceptors (Lipinski definition) is 3. The van der Waals surface area contributed by atoms with Crippen LogP contribution in [-0.4, -0.2) is 12.6 Å². The zero-order valence-corrected chi connectivity index (χ0v) is 10.3. The molecule has 0 spiro atoms. The minimum Gasteiger partial charge on any atom is -0.463 e. The van der Waals surface area contributed by atoms with Crippen molar-refractivity contribution in [2.45, 2.75) is 20.8 Å². The maximum absolute atomic E-state index is 11.6. The van der Waals surface area contributed by atoms with Crippen molar-refractivity contribution in [2.24, 2.45) is 0 Å². The summed E-state index contributed by atoms with van der Waals surface area (Å²) in [4.78, 5) is 11.6. The fraction of sp³-hybridized carbons (Fsp3) is 0.286. The number of nitrogens with zero attached hydrogens (tertiary/aromatic N) is 1. The van der Waals surface area contributed by atoms with Crippen molar-refractivity contribution in [2.75, 3.05) is 6.61 Å². The van der Waals surface area contributed by atoms with Crippen LogP contribution >= 0.6 is 0 Å². The Bertz CT molecular complexity index is 495. The lowest BCUT2D eigenvalue weighted by molar-refractivity contribution is -0.138. The molecule has 1 aromatic carbocycles. The van der Waals surface area contributed by atoms with E-state index in [2.05, 4.69) is 6.07 Å². The molecule has 0 radical (unpaired) electrons. The van der Waals surface area contributed by atoms with Crippen LogP contribution in [0.3, 0.4) is 0 Å². The van der Waals surface area contributed by atoms with E-state index >= 15 is 0 Å². The van der Waals surface area contributed by atoms with Crippen molar-refractivity contribution in [3.05, 3.63) is 41.0 Å². The number of hydrogen-bond donors (Lipinski definition) is 0. The highest BCUT2D eigenvalue weighted by Crippen LogP contribution is 2.19. The van der Waals surface area contributed by atoms with Gasteiger partial charge >= 0.3 is 5.97 Å². The topological polar surface area (TPSA) is 50.1 Å². The lowest BCUT2D eigenvalue weighted by Gasteiger charge is -2.07. The first-order chi connectivity index (χ1) is 8.10. The zero-order chi connectivity index (χ0) is 12.8. The van der Waals surface area contributed by atoms with Gasteiger partial charge in [-0.3, -0.25) is 0 Å². The Labute approximate surface area is 101 Å². The van der Waals surface area contributed by atoms with Crippen molar-refractivity contribution < 1.29 is 9.53 Å². The summed E-state index contributed by atoms with van der Waals surface area (Å²) in [5.74, 6) is -0.313. The van der Waals surface area contributed by atoms with Gasteiger partial charge in [0, 0.05) is 5.57 Å². The quantitative estimate of drug-likeness (QED) is 0.591. The molecule has 0 unspecified atom stereocenters. The van der Waals surface area contributed by atoms with Crippen LogP contribution in [0, 0.1) is 11.3 Å². The van der Waals surface area contributed by atoms with Gasteiger partial charge in [0.2, 0.25) is 0 Å². The second-order valence-corrected chi connectivity index (χ2v) is 3.66. The molecule has 0 aliphatic heterocycles. The summed E-state index contributed by atoms with van der Waals surface area (Å²) in [6, 6.07) is 9.25. The van der Waals surface area contributed by atoms with E-state index in [4.69, 9.17) is 10.00 Å². The maximum atomic E-state index is 11.6. The molecule has 1 aromatic rings. The highest BCUT2D eigenvalue weighted by Gasteiger charge is 2.10. The molecule has 0 aliphatic rings. The molecule has 0 bridgehead atoms. The van der Waals surface area contributed by atoms with Crippen LogP contribution in [0.5, 0.6) is 0 Å². The van der Waals surface area contributed by atoms with Crippen molar-refractivity contribution in [3.8, 4) is 6.07 Å². The molecule has 0 aromatic heterocycles. The lowest BCUT2D eigenvalue weighted by Crippen LogP contribution is -2.06. The van der Waals surface area contributed by atoms with Crippen LogP contribution in [0.15, 0.2) is 29.8 Å². The predicted molar refractivity (Wildman–Crippen MR) is 66.1 cm³/mol. The van der Waals surface area contributed by atoms with Crippen LogP contribution in [0.1, 0.15) is 31.9 Å². The number of nitriles is 1. The molecule has 0 N–H and O–H groups in total. The third-order valence-corrected chi connectivity index (χ3v) is 2.57. The number of ether oxygens (including phenoxy) is 1. The van der Waals surface area contributed by atoms with Gasteiger partial charge in [0.1, 0.15) is 0 Å². The molecule has 17 heavy (non-hydrogen) atoms. The molecule has 0 saturated heterocycles. The van der Waals surface area contributed by atoms with E-state index in [9.17, 15) is 4.79 Å². The zero-order valence-electron chi connectivity index (χ0n) is 10.3. The minimum atomic E-state index is -0.313. The van der Waals surface area contributed by atoms with Gasteiger partial charge in [-0.2, -0.15) is 5.26 Å². The lowest BCUT2D eigenvalue weighted by atomic mass is 10.0. The number of carbonyl (C=O) groups is 1. The molecule has 1 rings (SSSR count). The Hall–Kier alpha value is -2.08. The van der Waals surface area contributed by atoms with Crippen molar-refractivity contribution in [1.29, 1.82) is 5.26 Å². The van der Waals surface area contributed by atoms with Crippen LogP contribution in [0.25, 0.3) is 5.57 Å². The van der Waals surface area contributed by atoms with Crippen LogP contribution in [0.4, 0.5) is 0 Å². The third-order valence-electron chi connectivity index (χ3n) is 2.57. The number of esters is 1. The summed E-state index contributed by atoms with van der Waals surface area (Å²) in [6.45, 7) is 5.72. The summed E-state index contributed by atoms with van der Waals surface area (Å²) in [6.07, 6.45) is 0. The molecule has 0 atom stereocenters. The Morgan fingerprint density at radius 1 is 1.41 bits per heavy atom. The van der Waals surface area contributed by atoms with Gasteiger partial charge in [0.25, 0.3) is 0 Å². The van der Waals surface area contributed by atoms with E-state index in [1.807, 2.05) is 13.0 Å². The van der Waals surface area contributed by atoms with E-state index in [0.717, 1.165) is 11.1 Å². The smallest absolute Gasteiger partial charge is 0.333 e. The van der Waals surface area contributed by atoms with Crippen molar-refractivity contribution in [1.82, 2.24) is 0 Å². The third kappa shape index (κ3) is 3.18. The molecule has 3 heteroatoms. The summed E-state index contributed by atoms with van der Waals surface area (Å²) < 4.78 is 4.94. The molecule has 3 nitrogen and oxygen atoms in total. The Morgan fingerprint density at radius 2 is 2.12 bits per heavy atom. The molecular formula is C14H15NO2. The fourth-order valence-electron chi connectivity index (χ4n) is 1.43. The van der Waals surface area contributed by atoms with Gasteiger partial charge in [-0.15, -0.1) is 0 Å². The normalized spacial score (nSPS) is 11.4. The average Bonchev–Trinajstić information content (AvgIpc) is 2.37. The Kier molecular flexibility index (Phi) is 4.47. The number of benzene rings is 1. The number of rotatable bonds is 3. The molecule has 88 valence electrons. The van der Waals surface area contributed by atoms with E-state index in [1.54, 1.807) is 32.0 Å². The van der Waals surface area contributed by atoms with Crippen molar-refractivity contribution >= 4 is 11.5 Å². The van der Waals surface area contributed by atoms with Gasteiger partial charge in [0.15, 0.2) is 0 Å². The minimum absolute atomic E-state index is 0.313. The number of carbonyl (C=O) groups excluding carboxylic acids is 1. The summed E-state index contributed by atoms with van der Waals surface area (Å²) in [5.41, 5.74) is 2.86. The summed E-state index contributed by atoms with van der Waals surface area (Å²) >= 11 is 0. The van der Waals surface area contributed by atoms with E-state index < -0.39 is 0 Å². The van der Waals surface area contributed by atoms with Crippen molar-refractivity contribution in [3.63, 3.8) is 0 Å².